The molecule has 0 radical (unpaired) electrons. The third-order valence-corrected chi connectivity index (χ3v) is 2.13. The van der Waals surface area contributed by atoms with Crippen molar-refractivity contribution in [2.45, 2.75) is 13.8 Å². The van der Waals surface area contributed by atoms with E-state index in [1.807, 2.05) is 6.07 Å². The van der Waals surface area contributed by atoms with Gasteiger partial charge in [0.25, 0.3) is 0 Å². The summed E-state index contributed by atoms with van der Waals surface area (Å²) in [5.41, 5.74) is 1.24. The molecule has 0 bridgehead atoms. The van der Waals surface area contributed by atoms with Crippen LogP contribution in [0.4, 0.5) is 5.82 Å². The lowest BCUT2D eigenvalue weighted by Gasteiger charge is -2.07. The zero-order valence-electron chi connectivity index (χ0n) is 8.14. The van der Waals surface area contributed by atoms with Gasteiger partial charge in [0.05, 0.1) is 5.56 Å². The fraction of sp³-hybridized carbons (Fsp3) is 0.250. The Bertz CT molecular complexity index is 531. The summed E-state index contributed by atoms with van der Waals surface area (Å²) >= 11 is 0. The van der Waals surface area contributed by atoms with Crippen LogP contribution in [-0.4, -0.2) is 18.0 Å². The average molecular weight is 227 g/mol. The molecule has 2 N–H and O–H groups in total. The van der Waals surface area contributed by atoms with E-state index in [0.717, 1.165) is 0 Å². The standard InChI is InChI=1S/C8H9N3O3S/c1-5-3-6(2)10-8(7(5)4-9)11-15(12,13)14/h3H,1-2H3,(H,10,11)(H,12,13,14). The summed E-state index contributed by atoms with van der Waals surface area (Å²) in [6.45, 7) is 3.31. The van der Waals surface area contributed by atoms with E-state index in [9.17, 15) is 8.42 Å². The first kappa shape index (κ1) is 11.4. The topological polar surface area (TPSA) is 103 Å². The molecule has 6 nitrogen and oxygen atoms in total. The molecule has 0 aliphatic carbocycles. The summed E-state index contributed by atoms with van der Waals surface area (Å²) in [5, 5.41) is 8.78. The van der Waals surface area contributed by atoms with Crippen molar-refractivity contribution in [3.8, 4) is 6.07 Å². The molecule has 1 aromatic rings. The second-order valence-electron chi connectivity index (χ2n) is 2.99. The lowest BCUT2D eigenvalue weighted by Crippen LogP contribution is -2.13. The fourth-order valence-corrected chi connectivity index (χ4v) is 1.57. The summed E-state index contributed by atoms with van der Waals surface area (Å²) in [5.74, 6) is -0.155. The first-order chi connectivity index (χ1) is 6.83. The molecule has 1 heterocycles. The van der Waals surface area contributed by atoms with Crippen LogP contribution in [0.3, 0.4) is 0 Å². The highest BCUT2D eigenvalue weighted by Crippen LogP contribution is 2.18. The van der Waals surface area contributed by atoms with Crippen LogP contribution >= 0.6 is 0 Å². The van der Waals surface area contributed by atoms with Crippen molar-refractivity contribution in [1.29, 1.82) is 5.26 Å². The maximum atomic E-state index is 10.6. The van der Waals surface area contributed by atoms with E-state index in [1.165, 1.54) is 0 Å². The molecule has 0 atom stereocenters. The molecule has 0 saturated carbocycles. The average Bonchev–Trinajstić information content (AvgIpc) is 1.99. The maximum absolute atomic E-state index is 10.6. The third kappa shape index (κ3) is 2.90. The van der Waals surface area contributed by atoms with Crippen molar-refractivity contribution in [2.75, 3.05) is 4.72 Å². The van der Waals surface area contributed by atoms with Crippen LogP contribution in [0.2, 0.25) is 0 Å². The van der Waals surface area contributed by atoms with E-state index in [4.69, 9.17) is 9.81 Å². The van der Waals surface area contributed by atoms with Crippen LogP contribution in [0.15, 0.2) is 6.07 Å². The molecule has 15 heavy (non-hydrogen) atoms. The molecule has 0 saturated heterocycles. The van der Waals surface area contributed by atoms with Gasteiger partial charge >= 0.3 is 10.3 Å². The molecule has 0 amide bonds. The van der Waals surface area contributed by atoms with Gasteiger partial charge in [-0.2, -0.15) is 13.7 Å². The van der Waals surface area contributed by atoms with Gasteiger partial charge in [0.2, 0.25) is 0 Å². The Morgan fingerprint density at radius 3 is 2.60 bits per heavy atom. The molecule has 0 fully saturated rings. The van der Waals surface area contributed by atoms with Crippen molar-refractivity contribution in [2.24, 2.45) is 0 Å². The summed E-state index contributed by atoms with van der Waals surface area (Å²) < 4.78 is 31.5. The largest absolute Gasteiger partial charge is 0.358 e. The first-order valence-corrected chi connectivity index (χ1v) is 5.41. The highest BCUT2D eigenvalue weighted by Gasteiger charge is 2.13. The van der Waals surface area contributed by atoms with Gasteiger partial charge in [0.15, 0.2) is 5.82 Å². The molecule has 0 aromatic carbocycles. The Morgan fingerprint density at radius 2 is 2.13 bits per heavy atom. The Hall–Kier alpha value is -1.65. The number of rotatable bonds is 2. The molecule has 0 aliphatic rings. The molecule has 80 valence electrons. The van der Waals surface area contributed by atoms with Crippen molar-refractivity contribution in [1.82, 2.24) is 4.98 Å². The Kier molecular flexibility index (Phi) is 2.93. The van der Waals surface area contributed by atoms with E-state index in [0.29, 0.717) is 11.3 Å². The number of hydrogen-bond donors (Lipinski definition) is 2. The zero-order chi connectivity index (χ0) is 11.6. The summed E-state index contributed by atoms with van der Waals surface area (Å²) in [4.78, 5) is 3.82. The van der Waals surface area contributed by atoms with Gasteiger partial charge in [0, 0.05) is 5.69 Å². The number of pyridine rings is 1. The predicted molar refractivity (Wildman–Crippen MR) is 53.6 cm³/mol. The lowest BCUT2D eigenvalue weighted by atomic mass is 10.1. The van der Waals surface area contributed by atoms with E-state index in [2.05, 4.69) is 4.98 Å². The van der Waals surface area contributed by atoms with Gasteiger partial charge in [0.1, 0.15) is 6.07 Å². The van der Waals surface area contributed by atoms with Crippen molar-refractivity contribution < 1.29 is 13.0 Å². The van der Waals surface area contributed by atoms with E-state index < -0.39 is 10.3 Å². The fourth-order valence-electron chi connectivity index (χ4n) is 1.17. The second kappa shape index (κ2) is 3.84. The van der Waals surface area contributed by atoms with E-state index in [1.54, 1.807) is 24.6 Å². The quantitative estimate of drug-likeness (QED) is 0.727. The van der Waals surface area contributed by atoms with Crippen LogP contribution < -0.4 is 4.72 Å². The van der Waals surface area contributed by atoms with Gasteiger partial charge in [-0.05, 0) is 25.5 Å². The van der Waals surface area contributed by atoms with Crippen molar-refractivity contribution >= 4 is 16.1 Å². The highest BCUT2D eigenvalue weighted by molar-refractivity contribution is 7.87. The van der Waals surface area contributed by atoms with Crippen LogP contribution in [-0.2, 0) is 10.3 Å². The maximum Gasteiger partial charge on any atom is 0.358 e. The van der Waals surface area contributed by atoms with E-state index >= 15 is 0 Å². The Morgan fingerprint density at radius 1 is 1.53 bits per heavy atom. The van der Waals surface area contributed by atoms with E-state index in [-0.39, 0.29) is 11.4 Å². The Balaban J connectivity index is 3.35. The minimum atomic E-state index is -4.41. The number of nitrogens with one attached hydrogen (secondary N) is 1. The minimum Gasteiger partial charge on any atom is -0.269 e. The number of aromatic nitrogens is 1. The number of nitrogens with zero attached hydrogens (tertiary/aromatic N) is 2. The molecule has 7 heteroatoms. The molecular weight excluding hydrogens is 218 g/mol. The normalized spacial score (nSPS) is 10.8. The van der Waals surface area contributed by atoms with Crippen LogP contribution in [0, 0.1) is 25.2 Å². The number of hydrogen-bond acceptors (Lipinski definition) is 4. The SMILES string of the molecule is Cc1cc(C)c(C#N)c(NS(=O)(=O)O)n1. The molecular formula is C8H9N3O3S. The molecule has 0 unspecified atom stereocenters. The number of aryl methyl sites for hydroxylation is 2. The summed E-state index contributed by atoms with van der Waals surface area (Å²) in [6, 6.07) is 3.46. The van der Waals surface area contributed by atoms with Gasteiger partial charge in [-0.15, -0.1) is 0 Å². The van der Waals surface area contributed by atoms with Crippen LogP contribution in [0.25, 0.3) is 0 Å². The van der Waals surface area contributed by atoms with Crippen LogP contribution in [0.1, 0.15) is 16.8 Å². The molecule has 0 spiro atoms. The van der Waals surface area contributed by atoms with Crippen LogP contribution in [0.5, 0.6) is 0 Å². The summed E-state index contributed by atoms with van der Waals surface area (Å²) in [6.07, 6.45) is 0. The van der Waals surface area contributed by atoms with Gasteiger partial charge < -0.3 is 0 Å². The van der Waals surface area contributed by atoms with Crippen molar-refractivity contribution in [3.05, 3.63) is 22.9 Å². The molecule has 1 aromatic heterocycles. The Labute approximate surface area is 87.5 Å². The highest BCUT2D eigenvalue weighted by atomic mass is 32.2. The molecule has 0 aliphatic heterocycles. The molecule has 1 rings (SSSR count). The predicted octanol–water partition coefficient (Wildman–Crippen LogP) is 0.785. The monoisotopic (exact) mass is 227 g/mol. The lowest BCUT2D eigenvalue weighted by molar-refractivity contribution is 0.489. The number of anilines is 1. The first-order valence-electron chi connectivity index (χ1n) is 3.97. The van der Waals surface area contributed by atoms with Gasteiger partial charge in [-0.25, -0.2) is 9.71 Å². The third-order valence-electron chi connectivity index (χ3n) is 1.68. The second-order valence-corrected chi connectivity index (χ2v) is 4.15. The van der Waals surface area contributed by atoms with Gasteiger partial charge in [-0.3, -0.25) is 4.55 Å². The minimum absolute atomic E-state index is 0.0956. The summed E-state index contributed by atoms with van der Waals surface area (Å²) in [7, 11) is -4.41. The van der Waals surface area contributed by atoms with Crippen molar-refractivity contribution in [3.63, 3.8) is 0 Å². The number of nitriles is 1. The van der Waals surface area contributed by atoms with Gasteiger partial charge in [-0.1, -0.05) is 0 Å². The zero-order valence-corrected chi connectivity index (χ0v) is 8.96. The smallest absolute Gasteiger partial charge is 0.269 e.